The molecule has 0 aromatic heterocycles. The number of halogens is 1. The molecule has 5 heteroatoms. The van der Waals surface area contributed by atoms with Gasteiger partial charge in [0.05, 0.1) is 5.70 Å². The van der Waals surface area contributed by atoms with Gasteiger partial charge in [0.15, 0.2) is 6.29 Å². The van der Waals surface area contributed by atoms with Gasteiger partial charge < -0.3 is 10.2 Å². The molecule has 1 saturated carbocycles. The zero-order valence-electron chi connectivity index (χ0n) is 11.5. The van der Waals surface area contributed by atoms with Crippen LogP contribution in [0.5, 0.6) is 0 Å². The number of nitrogens with zero attached hydrogens (tertiary/aromatic N) is 1. The van der Waals surface area contributed by atoms with Gasteiger partial charge in [0.25, 0.3) is 0 Å². The van der Waals surface area contributed by atoms with Gasteiger partial charge in [-0.25, -0.2) is 0 Å². The molecule has 0 saturated heterocycles. The van der Waals surface area contributed by atoms with Crippen LogP contribution < -0.4 is 10.2 Å². The lowest BCUT2D eigenvalue weighted by Gasteiger charge is -2.18. The number of aldehydes is 1. The Morgan fingerprint density at radius 1 is 1.45 bits per heavy atom. The molecule has 1 aliphatic rings. The summed E-state index contributed by atoms with van der Waals surface area (Å²) in [4.78, 5) is 24.6. The maximum atomic E-state index is 11.7. The van der Waals surface area contributed by atoms with E-state index >= 15 is 0 Å². The van der Waals surface area contributed by atoms with E-state index in [1.165, 1.54) is 0 Å². The molecule has 4 nitrogen and oxygen atoms in total. The van der Waals surface area contributed by atoms with Crippen molar-refractivity contribution in [1.29, 1.82) is 0 Å². The summed E-state index contributed by atoms with van der Waals surface area (Å²) in [5.41, 5.74) is 2.34. The molecular weight excluding hydrogens is 320 g/mol. The first-order chi connectivity index (χ1) is 9.51. The summed E-state index contributed by atoms with van der Waals surface area (Å²) >= 11 is 3.42. The van der Waals surface area contributed by atoms with Crippen molar-refractivity contribution in [2.45, 2.75) is 19.8 Å². The van der Waals surface area contributed by atoms with Gasteiger partial charge in [0.2, 0.25) is 5.91 Å². The lowest BCUT2D eigenvalue weighted by Crippen LogP contribution is -2.27. The highest BCUT2D eigenvalue weighted by Gasteiger charge is 2.29. The largest absolute Gasteiger partial charge is 0.349 e. The highest BCUT2D eigenvalue weighted by Crippen LogP contribution is 2.29. The number of benzene rings is 1. The molecule has 2 rings (SSSR count). The van der Waals surface area contributed by atoms with Crippen LogP contribution in [0.2, 0.25) is 0 Å². The highest BCUT2D eigenvalue weighted by atomic mass is 79.9. The summed E-state index contributed by atoms with van der Waals surface area (Å²) in [6.07, 6.45) is 4.15. The summed E-state index contributed by atoms with van der Waals surface area (Å²) in [5, 5.41) is 2.66. The van der Waals surface area contributed by atoms with Crippen molar-refractivity contribution in [1.82, 2.24) is 5.32 Å². The molecule has 1 aromatic rings. The van der Waals surface area contributed by atoms with Crippen molar-refractivity contribution in [3.63, 3.8) is 0 Å². The Bertz CT molecular complexity index is 565. The Morgan fingerprint density at radius 3 is 2.70 bits per heavy atom. The van der Waals surface area contributed by atoms with Crippen molar-refractivity contribution in [2.24, 2.45) is 5.92 Å². The predicted molar refractivity (Wildman–Crippen MR) is 82.3 cm³/mol. The second kappa shape index (κ2) is 6.22. The Morgan fingerprint density at radius 2 is 2.15 bits per heavy atom. The number of hydrogen-bond donors (Lipinski definition) is 1. The van der Waals surface area contributed by atoms with Gasteiger partial charge in [-0.2, -0.15) is 0 Å². The standard InChI is InChI=1S/C15H17BrN2O2/c1-10-7-12(16)5-6-14(10)18(2)8-13(9-19)17-15(20)11-3-4-11/h5-9,11H,3-4H2,1-2H3,(H,17,20)/b13-8+. The lowest BCUT2D eigenvalue weighted by atomic mass is 10.2. The molecule has 106 valence electrons. The number of amides is 1. The van der Waals surface area contributed by atoms with Crippen LogP contribution >= 0.6 is 15.9 Å². The summed E-state index contributed by atoms with van der Waals surface area (Å²) < 4.78 is 1.01. The second-order valence-electron chi connectivity index (χ2n) is 5.01. The third-order valence-electron chi connectivity index (χ3n) is 3.21. The highest BCUT2D eigenvalue weighted by molar-refractivity contribution is 9.10. The van der Waals surface area contributed by atoms with E-state index in [1.54, 1.807) is 6.20 Å². The van der Waals surface area contributed by atoms with Crippen molar-refractivity contribution < 1.29 is 9.59 Å². The number of anilines is 1. The molecular formula is C15H17BrN2O2. The number of carbonyl (C=O) groups is 2. The number of rotatable bonds is 5. The molecule has 1 aromatic carbocycles. The maximum absolute atomic E-state index is 11.7. The number of hydrogen-bond acceptors (Lipinski definition) is 3. The minimum atomic E-state index is -0.0655. The van der Waals surface area contributed by atoms with Crippen LogP contribution in [0.25, 0.3) is 0 Å². The SMILES string of the molecule is Cc1cc(Br)ccc1N(C)/C=C(\C=O)NC(=O)C1CC1. The fourth-order valence-corrected chi connectivity index (χ4v) is 2.45. The number of nitrogens with one attached hydrogen (secondary N) is 1. The topological polar surface area (TPSA) is 49.4 Å². The zero-order chi connectivity index (χ0) is 14.7. The fraction of sp³-hybridized carbons (Fsp3) is 0.333. The van der Waals surface area contributed by atoms with Gasteiger partial charge in [0, 0.05) is 29.3 Å². The van der Waals surface area contributed by atoms with E-state index in [0.717, 1.165) is 28.6 Å². The van der Waals surface area contributed by atoms with Gasteiger partial charge in [-0.1, -0.05) is 15.9 Å². The smallest absolute Gasteiger partial charge is 0.227 e. The van der Waals surface area contributed by atoms with Gasteiger partial charge in [-0.3, -0.25) is 9.59 Å². The molecule has 1 amide bonds. The zero-order valence-corrected chi connectivity index (χ0v) is 13.1. The Balaban J connectivity index is 2.13. The third kappa shape index (κ3) is 3.70. The maximum Gasteiger partial charge on any atom is 0.227 e. The minimum Gasteiger partial charge on any atom is -0.349 e. The molecule has 0 heterocycles. The minimum absolute atomic E-state index is 0.0655. The van der Waals surface area contributed by atoms with E-state index in [0.29, 0.717) is 6.29 Å². The van der Waals surface area contributed by atoms with E-state index in [-0.39, 0.29) is 17.5 Å². The third-order valence-corrected chi connectivity index (χ3v) is 3.71. The molecule has 0 unspecified atom stereocenters. The molecule has 0 radical (unpaired) electrons. The monoisotopic (exact) mass is 336 g/mol. The first-order valence-corrected chi connectivity index (χ1v) is 7.27. The quantitative estimate of drug-likeness (QED) is 0.664. The van der Waals surface area contributed by atoms with Crippen molar-refractivity contribution in [3.05, 3.63) is 40.1 Å². The average molecular weight is 337 g/mol. The number of carbonyl (C=O) groups excluding carboxylic acids is 2. The lowest BCUT2D eigenvalue weighted by molar-refractivity contribution is -0.122. The molecule has 0 atom stereocenters. The van der Waals surface area contributed by atoms with Crippen LogP contribution in [0.3, 0.4) is 0 Å². The van der Waals surface area contributed by atoms with E-state index in [1.807, 2.05) is 37.1 Å². The van der Waals surface area contributed by atoms with Crippen LogP contribution in [-0.2, 0) is 9.59 Å². The molecule has 1 fully saturated rings. The van der Waals surface area contributed by atoms with Crippen molar-refractivity contribution in [2.75, 3.05) is 11.9 Å². The van der Waals surface area contributed by atoms with Gasteiger partial charge in [-0.15, -0.1) is 0 Å². The molecule has 0 bridgehead atoms. The first-order valence-electron chi connectivity index (χ1n) is 6.48. The van der Waals surface area contributed by atoms with Crippen LogP contribution in [0.4, 0.5) is 5.69 Å². The molecule has 20 heavy (non-hydrogen) atoms. The predicted octanol–water partition coefficient (Wildman–Crippen LogP) is 2.76. The Hall–Kier alpha value is -1.62. The van der Waals surface area contributed by atoms with Gasteiger partial charge >= 0.3 is 0 Å². The van der Waals surface area contributed by atoms with Gasteiger partial charge in [0.1, 0.15) is 0 Å². The normalized spacial score (nSPS) is 14.8. The summed E-state index contributed by atoms with van der Waals surface area (Å²) in [6.45, 7) is 1.99. The van der Waals surface area contributed by atoms with Crippen LogP contribution in [0, 0.1) is 12.8 Å². The number of aryl methyl sites for hydroxylation is 1. The fourth-order valence-electron chi connectivity index (χ4n) is 1.97. The molecule has 0 aliphatic heterocycles. The summed E-state index contributed by atoms with van der Waals surface area (Å²) in [6, 6.07) is 5.90. The molecule has 0 spiro atoms. The Labute approximate surface area is 127 Å². The summed E-state index contributed by atoms with van der Waals surface area (Å²) in [7, 11) is 1.85. The van der Waals surface area contributed by atoms with E-state index in [4.69, 9.17) is 0 Å². The Kier molecular flexibility index (Phi) is 4.60. The first kappa shape index (κ1) is 14.8. The van der Waals surface area contributed by atoms with Crippen LogP contribution in [0.1, 0.15) is 18.4 Å². The average Bonchev–Trinajstić information content (AvgIpc) is 3.21. The van der Waals surface area contributed by atoms with E-state index in [9.17, 15) is 9.59 Å². The van der Waals surface area contributed by atoms with Crippen molar-refractivity contribution >= 4 is 33.8 Å². The molecule has 1 aliphatic carbocycles. The number of allylic oxidation sites excluding steroid dienone is 1. The summed E-state index contributed by atoms with van der Waals surface area (Å²) in [5.74, 6) is 0.0161. The van der Waals surface area contributed by atoms with Crippen LogP contribution in [0.15, 0.2) is 34.6 Å². The molecule has 1 N–H and O–H groups in total. The van der Waals surface area contributed by atoms with Crippen LogP contribution in [-0.4, -0.2) is 19.2 Å². The van der Waals surface area contributed by atoms with E-state index in [2.05, 4.69) is 21.2 Å². The van der Waals surface area contributed by atoms with E-state index < -0.39 is 0 Å². The van der Waals surface area contributed by atoms with Gasteiger partial charge in [-0.05, 0) is 43.5 Å². The second-order valence-corrected chi connectivity index (χ2v) is 5.92. The van der Waals surface area contributed by atoms with Crippen molar-refractivity contribution in [3.8, 4) is 0 Å².